The van der Waals surface area contributed by atoms with Gasteiger partial charge >= 0.3 is 0 Å². The van der Waals surface area contributed by atoms with Crippen LogP contribution in [0.4, 0.5) is 0 Å². The average molecular weight is 479 g/mol. The van der Waals surface area contributed by atoms with Gasteiger partial charge in [0, 0.05) is 23.3 Å². The molecule has 0 radical (unpaired) electrons. The fraction of sp³-hybridized carbons (Fsp3) is 0.250. The molecule has 7 heteroatoms. The van der Waals surface area contributed by atoms with Crippen LogP contribution in [0.25, 0.3) is 0 Å². The predicted octanol–water partition coefficient (Wildman–Crippen LogP) is 1.55. The number of hydrogen-bond acceptors (Lipinski definition) is 3. The zero-order valence-corrected chi connectivity index (χ0v) is 17.1. The van der Waals surface area contributed by atoms with Gasteiger partial charge in [-0.15, -0.1) is 0 Å². The van der Waals surface area contributed by atoms with Gasteiger partial charge in [-0.3, -0.25) is 14.4 Å². The second-order valence-corrected chi connectivity index (χ2v) is 7.48. The first-order valence-corrected chi connectivity index (χ1v) is 9.58. The molecule has 0 saturated carbocycles. The molecule has 4 N–H and O–H groups in total. The normalized spacial score (nSPS) is 12.7. The standard InChI is InChI=1S/C20H22IN3O3/c1-13(25)23-18(12-14-5-3-2-4-6-14)20(27)24-17(19(22)26)11-15-7-9-16(21)10-8-15/h2-10,17-18H,11-12H2,1H3,(H2,22,26)(H,23,25)(H,24,27)/t17-,18-/m1/s1. The van der Waals surface area contributed by atoms with Crippen LogP contribution >= 0.6 is 22.6 Å². The Morgan fingerprint density at radius 3 is 2.00 bits per heavy atom. The van der Waals surface area contributed by atoms with Crippen molar-refractivity contribution in [3.05, 3.63) is 69.3 Å². The van der Waals surface area contributed by atoms with Crippen LogP contribution in [0.15, 0.2) is 54.6 Å². The van der Waals surface area contributed by atoms with Crippen LogP contribution < -0.4 is 16.4 Å². The van der Waals surface area contributed by atoms with E-state index in [9.17, 15) is 14.4 Å². The molecule has 2 rings (SSSR count). The summed E-state index contributed by atoms with van der Waals surface area (Å²) in [7, 11) is 0. The van der Waals surface area contributed by atoms with Crippen molar-refractivity contribution in [2.75, 3.05) is 0 Å². The third-order valence-electron chi connectivity index (χ3n) is 3.99. The molecule has 0 aromatic heterocycles. The van der Waals surface area contributed by atoms with Crippen molar-refractivity contribution in [3.63, 3.8) is 0 Å². The van der Waals surface area contributed by atoms with Gasteiger partial charge in [-0.25, -0.2) is 0 Å². The first kappa shape index (κ1) is 20.9. The van der Waals surface area contributed by atoms with Gasteiger partial charge in [0.05, 0.1) is 0 Å². The lowest BCUT2D eigenvalue weighted by atomic mass is 10.0. The van der Waals surface area contributed by atoms with Gasteiger partial charge in [0.1, 0.15) is 12.1 Å². The minimum Gasteiger partial charge on any atom is -0.368 e. The molecule has 0 bridgehead atoms. The van der Waals surface area contributed by atoms with Crippen molar-refractivity contribution in [1.82, 2.24) is 10.6 Å². The van der Waals surface area contributed by atoms with E-state index in [2.05, 4.69) is 33.2 Å². The Balaban J connectivity index is 2.10. The quantitative estimate of drug-likeness (QED) is 0.501. The maximum absolute atomic E-state index is 12.7. The molecule has 142 valence electrons. The zero-order valence-electron chi connectivity index (χ0n) is 14.9. The summed E-state index contributed by atoms with van der Waals surface area (Å²) in [5.74, 6) is -1.38. The van der Waals surface area contributed by atoms with Crippen LogP contribution in [0.3, 0.4) is 0 Å². The van der Waals surface area contributed by atoms with Gasteiger partial charge in [-0.2, -0.15) is 0 Å². The molecule has 3 amide bonds. The van der Waals surface area contributed by atoms with Gasteiger partial charge < -0.3 is 16.4 Å². The van der Waals surface area contributed by atoms with E-state index in [1.54, 1.807) is 0 Å². The molecule has 0 aliphatic rings. The number of carbonyl (C=O) groups excluding carboxylic acids is 3. The van der Waals surface area contributed by atoms with Crippen molar-refractivity contribution >= 4 is 40.3 Å². The molecule has 0 unspecified atom stereocenters. The van der Waals surface area contributed by atoms with Crippen LogP contribution in [-0.4, -0.2) is 29.8 Å². The van der Waals surface area contributed by atoms with Gasteiger partial charge in [0.25, 0.3) is 0 Å². The Morgan fingerprint density at radius 1 is 0.889 bits per heavy atom. The SMILES string of the molecule is CC(=O)N[C@H](Cc1ccccc1)C(=O)N[C@H](Cc1ccc(I)cc1)C(N)=O. The number of halogens is 1. The molecule has 6 nitrogen and oxygen atoms in total. The summed E-state index contributed by atoms with van der Waals surface area (Å²) in [4.78, 5) is 36.0. The molecule has 2 aromatic rings. The third kappa shape index (κ3) is 7.01. The molecular weight excluding hydrogens is 457 g/mol. The highest BCUT2D eigenvalue weighted by atomic mass is 127. The van der Waals surface area contributed by atoms with E-state index >= 15 is 0 Å². The Bertz CT molecular complexity index is 794. The topological polar surface area (TPSA) is 101 Å². The maximum Gasteiger partial charge on any atom is 0.243 e. The summed E-state index contributed by atoms with van der Waals surface area (Å²) < 4.78 is 1.07. The van der Waals surface area contributed by atoms with Gasteiger partial charge in [0.15, 0.2) is 0 Å². The molecule has 2 atom stereocenters. The number of benzene rings is 2. The van der Waals surface area contributed by atoms with Crippen molar-refractivity contribution < 1.29 is 14.4 Å². The lowest BCUT2D eigenvalue weighted by molar-refractivity contribution is -0.130. The van der Waals surface area contributed by atoms with E-state index in [0.717, 1.165) is 14.7 Å². The van der Waals surface area contributed by atoms with Crippen LogP contribution in [0.2, 0.25) is 0 Å². The zero-order chi connectivity index (χ0) is 19.8. The fourth-order valence-electron chi connectivity index (χ4n) is 2.66. The molecule has 0 saturated heterocycles. The van der Waals surface area contributed by atoms with Crippen LogP contribution in [0, 0.1) is 3.57 Å². The highest BCUT2D eigenvalue weighted by Crippen LogP contribution is 2.10. The monoisotopic (exact) mass is 479 g/mol. The van der Waals surface area contributed by atoms with E-state index in [1.807, 2.05) is 54.6 Å². The summed E-state index contributed by atoms with van der Waals surface area (Å²) >= 11 is 2.19. The van der Waals surface area contributed by atoms with Crippen LogP contribution in [0.5, 0.6) is 0 Å². The molecular formula is C20H22IN3O3. The number of rotatable bonds is 8. The Labute approximate surface area is 172 Å². The Kier molecular flexibility index (Phi) is 7.78. The number of primary amides is 1. The number of amides is 3. The van der Waals surface area contributed by atoms with E-state index in [0.29, 0.717) is 6.42 Å². The van der Waals surface area contributed by atoms with Gasteiger partial charge in [-0.05, 0) is 45.9 Å². The van der Waals surface area contributed by atoms with Crippen molar-refractivity contribution in [1.29, 1.82) is 0 Å². The van der Waals surface area contributed by atoms with E-state index in [-0.39, 0.29) is 12.3 Å². The van der Waals surface area contributed by atoms with Crippen molar-refractivity contribution in [2.24, 2.45) is 5.73 Å². The summed E-state index contributed by atoms with van der Waals surface area (Å²) in [6.07, 6.45) is 0.609. The summed E-state index contributed by atoms with van der Waals surface area (Å²) in [5.41, 5.74) is 7.26. The smallest absolute Gasteiger partial charge is 0.243 e. The molecule has 0 aliphatic carbocycles. The molecule has 0 heterocycles. The number of carbonyl (C=O) groups is 3. The lowest BCUT2D eigenvalue weighted by Gasteiger charge is -2.22. The highest BCUT2D eigenvalue weighted by molar-refractivity contribution is 14.1. The molecule has 0 spiro atoms. The second-order valence-electron chi connectivity index (χ2n) is 6.24. The Morgan fingerprint density at radius 2 is 1.44 bits per heavy atom. The first-order valence-electron chi connectivity index (χ1n) is 8.50. The molecule has 27 heavy (non-hydrogen) atoms. The summed E-state index contributed by atoms with van der Waals surface area (Å²) in [5, 5.41) is 5.31. The van der Waals surface area contributed by atoms with Crippen molar-refractivity contribution in [2.45, 2.75) is 31.8 Å². The van der Waals surface area contributed by atoms with Crippen molar-refractivity contribution in [3.8, 4) is 0 Å². The number of hydrogen-bond donors (Lipinski definition) is 3. The number of nitrogens with two attached hydrogens (primary N) is 1. The third-order valence-corrected chi connectivity index (χ3v) is 4.71. The van der Waals surface area contributed by atoms with E-state index in [4.69, 9.17) is 5.73 Å². The highest BCUT2D eigenvalue weighted by Gasteiger charge is 2.25. The predicted molar refractivity (Wildman–Crippen MR) is 112 cm³/mol. The second kappa shape index (κ2) is 10.1. The molecule has 2 aromatic carbocycles. The summed E-state index contributed by atoms with van der Waals surface area (Å²) in [6.45, 7) is 1.35. The van der Waals surface area contributed by atoms with Crippen LogP contribution in [0.1, 0.15) is 18.1 Å². The molecule has 0 aliphatic heterocycles. The number of nitrogens with one attached hydrogen (secondary N) is 2. The molecule has 0 fully saturated rings. The minimum absolute atomic E-state index is 0.288. The Hall–Kier alpha value is -2.42. The fourth-order valence-corrected chi connectivity index (χ4v) is 3.02. The van der Waals surface area contributed by atoms with Gasteiger partial charge in [0.2, 0.25) is 17.7 Å². The van der Waals surface area contributed by atoms with E-state index < -0.39 is 23.9 Å². The maximum atomic E-state index is 12.7. The summed E-state index contributed by atoms with van der Waals surface area (Å²) in [6, 6.07) is 15.3. The minimum atomic E-state index is -0.857. The lowest BCUT2D eigenvalue weighted by Crippen LogP contribution is -2.54. The average Bonchev–Trinajstić information content (AvgIpc) is 2.62. The van der Waals surface area contributed by atoms with Gasteiger partial charge in [-0.1, -0.05) is 42.5 Å². The van der Waals surface area contributed by atoms with Crippen LogP contribution in [-0.2, 0) is 27.2 Å². The largest absolute Gasteiger partial charge is 0.368 e. The van der Waals surface area contributed by atoms with E-state index in [1.165, 1.54) is 6.92 Å². The first-order chi connectivity index (χ1) is 12.8.